The van der Waals surface area contributed by atoms with Gasteiger partial charge >= 0.3 is 5.97 Å². The molecular formula is C20H24N2O3. The predicted octanol–water partition coefficient (Wildman–Crippen LogP) is 3.24. The lowest BCUT2D eigenvalue weighted by Crippen LogP contribution is -2.45. The number of amides is 1. The largest absolute Gasteiger partial charge is 0.451 e. The van der Waals surface area contributed by atoms with E-state index < -0.39 is 5.97 Å². The second-order valence-electron chi connectivity index (χ2n) is 6.30. The van der Waals surface area contributed by atoms with E-state index in [0.717, 1.165) is 36.8 Å². The molecule has 0 unspecified atom stereocenters. The van der Waals surface area contributed by atoms with Crippen LogP contribution in [0.5, 0.6) is 0 Å². The highest BCUT2D eigenvalue weighted by Gasteiger charge is 2.26. The van der Waals surface area contributed by atoms with Crippen LogP contribution in [0.4, 0.5) is 0 Å². The Hall–Kier alpha value is -2.61. The van der Waals surface area contributed by atoms with Crippen LogP contribution in [0.1, 0.15) is 43.7 Å². The number of nitrogens with zero attached hydrogens (tertiary/aromatic N) is 2. The molecule has 1 fully saturated rings. The van der Waals surface area contributed by atoms with Gasteiger partial charge in [-0.1, -0.05) is 36.8 Å². The normalized spacial score (nSPS) is 17.7. The average molecular weight is 340 g/mol. The molecule has 1 saturated heterocycles. The van der Waals surface area contributed by atoms with E-state index in [9.17, 15) is 14.9 Å². The van der Waals surface area contributed by atoms with Crippen LogP contribution in [0, 0.1) is 18.3 Å². The molecular weight excluding hydrogens is 316 g/mol. The van der Waals surface area contributed by atoms with E-state index in [2.05, 4.69) is 6.92 Å². The van der Waals surface area contributed by atoms with Gasteiger partial charge < -0.3 is 9.64 Å². The van der Waals surface area contributed by atoms with E-state index in [0.29, 0.717) is 6.54 Å². The summed E-state index contributed by atoms with van der Waals surface area (Å²) in [4.78, 5) is 26.2. The number of likely N-dealkylation sites (tertiary alicyclic amines) is 1. The fourth-order valence-electron chi connectivity index (χ4n) is 3.01. The van der Waals surface area contributed by atoms with Crippen molar-refractivity contribution in [3.8, 4) is 6.07 Å². The third-order valence-electron chi connectivity index (χ3n) is 4.47. The van der Waals surface area contributed by atoms with Gasteiger partial charge in [0.15, 0.2) is 6.61 Å². The van der Waals surface area contributed by atoms with Crippen molar-refractivity contribution in [1.29, 1.82) is 5.26 Å². The van der Waals surface area contributed by atoms with E-state index in [-0.39, 0.29) is 24.1 Å². The zero-order chi connectivity index (χ0) is 18.2. The molecule has 1 amide bonds. The smallest absolute Gasteiger partial charge is 0.349 e. The summed E-state index contributed by atoms with van der Waals surface area (Å²) in [6.45, 7) is 4.41. The molecule has 0 spiro atoms. The number of carbonyl (C=O) groups excluding carboxylic acids is 2. The van der Waals surface area contributed by atoms with E-state index in [4.69, 9.17) is 4.74 Å². The number of hydrogen-bond donors (Lipinski definition) is 0. The molecule has 5 heteroatoms. The third kappa shape index (κ3) is 5.18. The van der Waals surface area contributed by atoms with E-state index in [1.807, 2.05) is 37.3 Å². The molecule has 1 aromatic carbocycles. The van der Waals surface area contributed by atoms with Crippen molar-refractivity contribution >= 4 is 18.0 Å². The lowest BCUT2D eigenvalue weighted by molar-refractivity contribution is -0.150. The molecule has 1 aliphatic heterocycles. The van der Waals surface area contributed by atoms with Crippen molar-refractivity contribution in [2.24, 2.45) is 0 Å². The number of rotatable bonds is 5. The standard InChI is InChI=1S/C20H24N2O3/c1-3-18-6-4-5-11-22(18)19(23)14-25-20(24)17(13-21)12-16-9-7-15(2)8-10-16/h7-10,12,18H,3-6,11,14H2,1-2H3/b17-12+/t18-/m0/s1. The van der Waals surface area contributed by atoms with Gasteiger partial charge in [0.2, 0.25) is 0 Å². The molecule has 1 atom stereocenters. The molecule has 5 nitrogen and oxygen atoms in total. The molecule has 0 saturated carbocycles. The Kier molecular flexibility index (Phi) is 6.76. The molecule has 1 heterocycles. The molecule has 0 radical (unpaired) electrons. The first-order valence-electron chi connectivity index (χ1n) is 8.70. The summed E-state index contributed by atoms with van der Waals surface area (Å²) < 4.78 is 5.08. The molecule has 0 aliphatic carbocycles. The number of aryl methyl sites for hydroxylation is 1. The van der Waals surface area contributed by atoms with Gasteiger partial charge in [0.1, 0.15) is 11.6 Å². The predicted molar refractivity (Wildman–Crippen MR) is 95.4 cm³/mol. The van der Waals surface area contributed by atoms with E-state index >= 15 is 0 Å². The van der Waals surface area contributed by atoms with Crippen molar-refractivity contribution in [2.45, 2.75) is 45.6 Å². The number of hydrogen-bond acceptors (Lipinski definition) is 4. The quantitative estimate of drug-likeness (QED) is 0.469. The van der Waals surface area contributed by atoms with E-state index in [1.165, 1.54) is 6.08 Å². The Balaban J connectivity index is 1.96. The van der Waals surface area contributed by atoms with Gasteiger partial charge in [-0.15, -0.1) is 0 Å². The van der Waals surface area contributed by atoms with Crippen molar-refractivity contribution in [3.63, 3.8) is 0 Å². The Morgan fingerprint density at radius 1 is 1.32 bits per heavy atom. The second-order valence-corrected chi connectivity index (χ2v) is 6.30. The Bertz CT molecular complexity index is 686. The minimum absolute atomic E-state index is 0.109. The fourth-order valence-corrected chi connectivity index (χ4v) is 3.01. The van der Waals surface area contributed by atoms with Crippen LogP contribution in [-0.4, -0.2) is 36.0 Å². The number of benzene rings is 1. The molecule has 2 rings (SSSR count). The molecule has 1 aromatic rings. The lowest BCUT2D eigenvalue weighted by Gasteiger charge is -2.35. The fraction of sp³-hybridized carbons (Fsp3) is 0.450. The van der Waals surface area contributed by atoms with Gasteiger partial charge in [-0.25, -0.2) is 4.79 Å². The van der Waals surface area contributed by atoms with Gasteiger partial charge in [-0.05, 0) is 44.2 Å². The summed E-state index contributed by atoms with van der Waals surface area (Å²) in [6.07, 6.45) is 5.47. The number of esters is 1. The van der Waals surface area contributed by atoms with Crippen molar-refractivity contribution in [3.05, 3.63) is 41.0 Å². The zero-order valence-corrected chi connectivity index (χ0v) is 14.8. The topological polar surface area (TPSA) is 70.4 Å². The van der Waals surface area contributed by atoms with Gasteiger partial charge in [0.05, 0.1) is 0 Å². The molecule has 0 N–H and O–H groups in total. The minimum Gasteiger partial charge on any atom is -0.451 e. The lowest BCUT2D eigenvalue weighted by atomic mass is 10.00. The van der Waals surface area contributed by atoms with Crippen LogP contribution in [0.25, 0.3) is 6.08 Å². The van der Waals surface area contributed by atoms with Crippen LogP contribution < -0.4 is 0 Å². The molecule has 25 heavy (non-hydrogen) atoms. The van der Waals surface area contributed by atoms with Crippen molar-refractivity contribution in [2.75, 3.05) is 13.2 Å². The molecule has 132 valence electrons. The first kappa shape index (κ1) is 18.7. The first-order chi connectivity index (χ1) is 12.0. The van der Waals surface area contributed by atoms with Crippen LogP contribution in [0.3, 0.4) is 0 Å². The highest BCUT2D eigenvalue weighted by Crippen LogP contribution is 2.19. The van der Waals surface area contributed by atoms with Gasteiger partial charge in [0.25, 0.3) is 5.91 Å². The maximum absolute atomic E-state index is 12.3. The van der Waals surface area contributed by atoms with Crippen LogP contribution in [0.2, 0.25) is 0 Å². The van der Waals surface area contributed by atoms with Gasteiger partial charge in [-0.2, -0.15) is 5.26 Å². The van der Waals surface area contributed by atoms with Crippen molar-refractivity contribution < 1.29 is 14.3 Å². The second kappa shape index (κ2) is 9.03. The van der Waals surface area contributed by atoms with Gasteiger partial charge in [-0.3, -0.25) is 4.79 Å². The average Bonchev–Trinajstić information content (AvgIpc) is 2.65. The first-order valence-corrected chi connectivity index (χ1v) is 8.70. The number of ether oxygens (including phenoxy) is 1. The summed E-state index contributed by atoms with van der Waals surface area (Å²) in [5.41, 5.74) is 1.73. The number of carbonyl (C=O) groups is 2. The summed E-state index contributed by atoms with van der Waals surface area (Å²) >= 11 is 0. The molecule has 1 aliphatic rings. The monoisotopic (exact) mass is 340 g/mol. The van der Waals surface area contributed by atoms with E-state index in [1.54, 1.807) is 4.90 Å². The summed E-state index contributed by atoms with van der Waals surface area (Å²) in [6, 6.07) is 9.52. The number of nitriles is 1. The zero-order valence-electron chi connectivity index (χ0n) is 14.8. The van der Waals surface area contributed by atoms with Crippen LogP contribution in [-0.2, 0) is 14.3 Å². The minimum atomic E-state index is -0.763. The third-order valence-corrected chi connectivity index (χ3v) is 4.47. The maximum Gasteiger partial charge on any atom is 0.349 e. The SMILES string of the molecule is CC[C@H]1CCCCN1C(=O)COC(=O)/C(C#N)=C/c1ccc(C)cc1. The summed E-state index contributed by atoms with van der Waals surface area (Å²) in [5.74, 6) is -0.950. The highest BCUT2D eigenvalue weighted by atomic mass is 16.5. The van der Waals surface area contributed by atoms with Gasteiger partial charge in [0, 0.05) is 12.6 Å². The number of piperidine rings is 1. The van der Waals surface area contributed by atoms with Crippen LogP contribution >= 0.6 is 0 Å². The van der Waals surface area contributed by atoms with Crippen LogP contribution in [0.15, 0.2) is 29.8 Å². The van der Waals surface area contributed by atoms with Crippen molar-refractivity contribution in [1.82, 2.24) is 4.90 Å². The summed E-state index contributed by atoms with van der Waals surface area (Å²) in [5, 5.41) is 9.19. The Morgan fingerprint density at radius 2 is 2.04 bits per heavy atom. The molecule has 0 bridgehead atoms. The summed E-state index contributed by atoms with van der Waals surface area (Å²) in [7, 11) is 0. The molecule has 0 aromatic heterocycles. The highest BCUT2D eigenvalue weighted by molar-refractivity contribution is 5.98. The Labute approximate surface area is 148 Å². The Morgan fingerprint density at radius 3 is 2.68 bits per heavy atom. The maximum atomic E-state index is 12.3.